The lowest BCUT2D eigenvalue weighted by Gasteiger charge is -2.28. The zero-order chi connectivity index (χ0) is 12.1. The summed E-state index contributed by atoms with van der Waals surface area (Å²) in [5, 5.41) is 7.54. The minimum atomic E-state index is 0.218. The molecule has 0 radical (unpaired) electrons. The Morgan fingerprint density at radius 3 is 3.12 bits per heavy atom. The number of carbonyl (C=O) groups is 1. The molecule has 2 heterocycles. The molecule has 1 fully saturated rings. The number of thiophene rings is 1. The molecule has 1 N–H and O–H groups in total. The molecule has 1 aliphatic rings. The summed E-state index contributed by atoms with van der Waals surface area (Å²) in [5.74, 6) is 0.218. The second-order valence-corrected chi connectivity index (χ2v) is 5.51. The third kappa shape index (κ3) is 3.82. The van der Waals surface area contributed by atoms with Crippen molar-refractivity contribution in [3.63, 3.8) is 0 Å². The van der Waals surface area contributed by atoms with Crippen LogP contribution in [0.3, 0.4) is 0 Å². The fourth-order valence-corrected chi connectivity index (χ4v) is 2.88. The van der Waals surface area contributed by atoms with E-state index in [1.165, 1.54) is 19.3 Å². The quantitative estimate of drug-likeness (QED) is 0.887. The summed E-state index contributed by atoms with van der Waals surface area (Å²) >= 11 is 1.65. The van der Waals surface area contributed by atoms with Gasteiger partial charge in [0.25, 0.3) is 0 Å². The van der Waals surface area contributed by atoms with Crippen LogP contribution < -0.4 is 5.32 Å². The molecule has 4 heteroatoms. The highest BCUT2D eigenvalue weighted by molar-refractivity contribution is 7.07. The fraction of sp³-hybridized carbons (Fsp3) is 0.615. The van der Waals surface area contributed by atoms with Gasteiger partial charge in [0.05, 0.1) is 6.42 Å². The minimum absolute atomic E-state index is 0.218. The van der Waals surface area contributed by atoms with E-state index in [1.54, 1.807) is 11.3 Å². The molecule has 2 rings (SSSR count). The van der Waals surface area contributed by atoms with Crippen LogP contribution in [0.5, 0.6) is 0 Å². The van der Waals surface area contributed by atoms with Crippen molar-refractivity contribution in [2.45, 2.75) is 31.7 Å². The second kappa shape index (κ2) is 6.17. The lowest BCUT2D eigenvalue weighted by Crippen LogP contribution is -2.44. The summed E-state index contributed by atoms with van der Waals surface area (Å²) in [6, 6.07) is 2.51. The molecule has 0 unspecified atom stereocenters. The molecule has 1 aliphatic heterocycles. The minimum Gasteiger partial charge on any atom is -0.344 e. The summed E-state index contributed by atoms with van der Waals surface area (Å²) in [6.07, 6.45) is 4.27. The van der Waals surface area contributed by atoms with Gasteiger partial charge in [0.1, 0.15) is 0 Å². The van der Waals surface area contributed by atoms with Crippen molar-refractivity contribution in [2.24, 2.45) is 0 Å². The van der Waals surface area contributed by atoms with Crippen LogP contribution in [-0.4, -0.2) is 37.0 Å². The predicted molar refractivity (Wildman–Crippen MR) is 71.3 cm³/mol. The third-order valence-corrected chi connectivity index (χ3v) is 4.00. The molecule has 0 saturated carbocycles. The largest absolute Gasteiger partial charge is 0.344 e. The Bertz CT molecular complexity index is 344. The topological polar surface area (TPSA) is 32.3 Å². The molecule has 17 heavy (non-hydrogen) atoms. The van der Waals surface area contributed by atoms with E-state index in [4.69, 9.17) is 0 Å². The van der Waals surface area contributed by atoms with Gasteiger partial charge in [0, 0.05) is 19.6 Å². The standard InChI is InChI=1S/C13H20N2OS/c1-15(9-12-4-2-3-6-14-12)13(16)8-11-5-7-17-10-11/h5,7,10,12,14H,2-4,6,8-9H2,1H3/t12-/m1/s1. The van der Waals surface area contributed by atoms with Gasteiger partial charge in [-0.05, 0) is 41.8 Å². The van der Waals surface area contributed by atoms with Crippen LogP contribution in [-0.2, 0) is 11.2 Å². The maximum absolute atomic E-state index is 12.0. The molecule has 3 nitrogen and oxygen atoms in total. The van der Waals surface area contributed by atoms with E-state index in [0.717, 1.165) is 18.7 Å². The summed E-state index contributed by atoms with van der Waals surface area (Å²) in [4.78, 5) is 13.8. The van der Waals surface area contributed by atoms with Crippen molar-refractivity contribution in [3.8, 4) is 0 Å². The molecule has 94 valence electrons. The number of rotatable bonds is 4. The Kier molecular flexibility index (Phi) is 4.57. The lowest BCUT2D eigenvalue weighted by molar-refractivity contribution is -0.129. The monoisotopic (exact) mass is 252 g/mol. The highest BCUT2D eigenvalue weighted by Crippen LogP contribution is 2.10. The Labute approximate surface area is 107 Å². The van der Waals surface area contributed by atoms with Gasteiger partial charge in [-0.2, -0.15) is 11.3 Å². The average molecular weight is 252 g/mol. The number of nitrogens with one attached hydrogen (secondary N) is 1. The van der Waals surface area contributed by atoms with Crippen LogP contribution in [0.4, 0.5) is 0 Å². The van der Waals surface area contributed by atoms with Gasteiger partial charge in [-0.15, -0.1) is 0 Å². The Hall–Kier alpha value is -0.870. The maximum atomic E-state index is 12.0. The van der Waals surface area contributed by atoms with Crippen LogP contribution in [0.2, 0.25) is 0 Å². The first-order chi connectivity index (χ1) is 8.25. The smallest absolute Gasteiger partial charge is 0.226 e. The number of nitrogens with zero attached hydrogens (tertiary/aromatic N) is 1. The molecule has 0 bridgehead atoms. The first-order valence-electron chi connectivity index (χ1n) is 6.24. The molecule has 1 aromatic rings. The summed E-state index contributed by atoms with van der Waals surface area (Å²) in [6.45, 7) is 1.93. The van der Waals surface area contributed by atoms with E-state index in [1.807, 2.05) is 28.8 Å². The highest BCUT2D eigenvalue weighted by Gasteiger charge is 2.17. The Balaban J connectivity index is 1.78. The molecule has 0 aliphatic carbocycles. The summed E-state index contributed by atoms with van der Waals surface area (Å²) in [7, 11) is 1.91. The predicted octanol–water partition coefficient (Wildman–Crippen LogP) is 1.89. The number of amides is 1. The molecule has 1 amide bonds. The first kappa shape index (κ1) is 12.6. The number of likely N-dealkylation sites (N-methyl/N-ethyl adjacent to an activating group) is 1. The number of piperidine rings is 1. The van der Waals surface area contributed by atoms with Gasteiger partial charge in [-0.25, -0.2) is 0 Å². The molecular weight excluding hydrogens is 232 g/mol. The van der Waals surface area contributed by atoms with Crippen molar-refractivity contribution in [1.29, 1.82) is 0 Å². The van der Waals surface area contributed by atoms with Crippen LogP contribution in [0, 0.1) is 0 Å². The molecule has 0 aromatic carbocycles. The molecule has 1 saturated heterocycles. The van der Waals surface area contributed by atoms with E-state index >= 15 is 0 Å². The van der Waals surface area contributed by atoms with Crippen molar-refractivity contribution < 1.29 is 4.79 Å². The number of hydrogen-bond donors (Lipinski definition) is 1. The van der Waals surface area contributed by atoms with Crippen molar-refractivity contribution in [2.75, 3.05) is 20.1 Å². The lowest BCUT2D eigenvalue weighted by atomic mass is 10.0. The summed E-state index contributed by atoms with van der Waals surface area (Å²) < 4.78 is 0. The number of carbonyl (C=O) groups excluding carboxylic acids is 1. The normalized spacial score (nSPS) is 20.2. The van der Waals surface area contributed by atoms with Crippen LogP contribution in [0.25, 0.3) is 0 Å². The van der Waals surface area contributed by atoms with E-state index in [0.29, 0.717) is 12.5 Å². The van der Waals surface area contributed by atoms with Crippen molar-refractivity contribution in [1.82, 2.24) is 10.2 Å². The average Bonchev–Trinajstić information content (AvgIpc) is 2.83. The van der Waals surface area contributed by atoms with Crippen LogP contribution in [0.15, 0.2) is 16.8 Å². The van der Waals surface area contributed by atoms with Crippen molar-refractivity contribution in [3.05, 3.63) is 22.4 Å². The molecule has 1 atom stereocenters. The van der Waals surface area contributed by atoms with E-state index in [2.05, 4.69) is 5.32 Å². The zero-order valence-electron chi connectivity index (χ0n) is 10.3. The summed E-state index contributed by atoms with van der Waals surface area (Å²) in [5.41, 5.74) is 1.13. The second-order valence-electron chi connectivity index (χ2n) is 4.73. The maximum Gasteiger partial charge on any atom is 0.226 e. The molecule has 0 spiro atoms. The van der Waals surface area contributed by atoms with Gasteiger partial charge in [-0.3, -0.25) is 4.79 Å². The van der Waals surface area contributed by atoms with Gasteiger partial charge in [0.15, 0.2) is 0 Å². The highest BCUT2D eigenvalue weighted by atomic mass is 32.1. The van der Waals surface area contributed by atoms with Gasteiger partial charge in [0.2, 0.25) is 5.91 Å². The van der Waals surface area contributed by atoms with Crippen LogP contribution in [0.1, 0.15) is 24.8 Å². The van der Waals surface area contributed by atoms with Gasteiger partial charge in [-0.1, -0.05) is 6.42 Å². The van der Waals surface area contributed by atoms with Gasteiger partial charge < -0.3 is 10.2 Å². The molecular formula is C13H20N2OS. The first-order valence-corrected chi connectivity index (χ1v) is 7.18. The third-order valence-electron chi connectivity index (χ3n) is 3.27. The number of hydrogen-bond acceptors (Lipinski definition) is 3. The SMILES string of the molecule is CN(C[C@H]1CCCCN1)C(=O)Cc1ccsc1. The Morgan fingerprint density at radius 2 is 2.47 bits per heavy atom. The fourth-order valence-electron chi connectivity index (χ4n) is 2.22. The Morgan fingerprint density at radius 1 is 1.59 bits per heavy atom. The zero-order valence-corrected chi connectivity index (χ0v) is 11.1. The van der Waals surface area contributed by atoms with Crippen LogP contribution >= 0.6 is 11.3 Å². The van der Waals surface area contributed by atoms with E-state index in [9.17, 15) is 4.79 Å². The van der Waals surface area contributed by atoms with Crippen molar-refractivity contribution >= 4 is 17.2 Å². The van der Waals surface area contributed by atoms with Gasteiger partial charge >= 0.3 is 0 Å². The van der Waals surface area contributed by atoms with E-state index < -0.39 is 0 Å². The van der Waals surface area contributed by atoms with E-state index in [-0.39, 0.29) is 5.91 Å². The molecule has 1 aromatic heterocycles.